The molecule has 2 rings (SSSR count). The van der Waals surface area contributed by atoms with Gasteiger partial charge in [-0.25, -0.2) is 0 Å². The number of methoxy groups -OCH3 is 1. The molecule has 1 heterocycles. The van der Waals surface area contributed by atoms with Gasteiger partial charge in [-0.1, -0.05) is 34.8 Å². The predicted molar refractivity (Wildman–Crippen MR) is 95.9 cm³/mol. The van der Waals surface area contributed by atoms with E-state index in [0.717, 1.165) is 4.68 Å². The first-order valence-corrected chi connectivity index (χ1v) is 8.21. The van der Waals surface area contributed by atoms with E-state index >= 15 is 0 Å². The first-order chi connectivity index (χ1) is 11.4. The van der Waals surface area contributed by atoms with Crippen molar-refractivity contribution in [3.8, 4) is 5.69 Å². The molecule has 6 nitrogen and oxygen atoms in total. The zero-order chi connectivity index (χ0) is 17.7. The highest BCUT2D eigenvalue weighted by Crippen LogP contribution is 2.25. The van der Waals surface area contributed by atoms with Gasteiger partial charge >= 0.3 is 0 Å². The third-order valence-electron chi connectivity index (χ3n) is 3.23. The second-order valence-electron chi connectivity index (χ2n) is 5.01. The zero-order valence-corrected chi connectivity index (χ0v) is 15.1. The number of benzene rings is 1. The lowest BCUT2D eigenvalue weighted by Crippen LogP contribution is -2.21. The summed E-state index contributed by atoms with van der Waals surface area (Å²) in [6, 6.07) is 4.99. The van der Waals surface area contributed by atoms with Crippen molar-refractivity contribution < 1.29 is 9.84 Å². The van der Waals surface area contributed by atoms with Gasteiger partial charge in [0.1, 0.15) is 5.02 Å². The van der Waals surface area contributed by atoms with E-state index in [4.69, 9.17) is 39.5 Å². The molecule has 0 aliphatic heterocycles. The number of hydrogen-bond donors (Lipinski definition) is 2. The van der Waals surface area contributed by atoms with Gasteiger partial charge in [-0.05, 0) is 24.6 Å². The molecule has 2 N–H and O–H groups in total. The summed E-state index contributed by atoms with van der Waals surface area (Å²) in [6.07, 6.45) is 1.27. The highest BCUT2D eigenvalue weighted by molar-refractivity contribution is 6.41. The topological polar surface area (TPSA) is 76.4 Å². The molecule has 0 fully saturated rings. The maximum absolute atomic E-state index is 12.1. The number of hydrogen-bond acceptors (Lipinski definition) is 5. The normalized spacial score (nSPS) is 12.2. The number of aliphatic hydroxyl groups is 1. The van der Waals surface area contributed by atoms with Gasteiger partial charge in [0.15, 0.2) is 0 Å². The van der Waals surface area contributed by atoms with E-state index in [0.29, 0.717) is 29.4 Å². The molecular formula is C15H16Cl3N3O3. The molecule has 0 saturated heterocycles. The second kappa shape index (κ2) is 8.69. The van der Waals surface area contributed by atoms with Crippen LogP contribution in [0.3, 0.4) is 0 Å². The van der Waals surface area contributed by atoms with Crippen molar-refractivity contribution in [3.05, 3.63) is 49.8 Å². The molecule has 0 saturated carbocycles. The van der Waals surface area contributed by atoms with Crippen molar-refractivity contribution in [2.45, 2.75) is 12.5 Å². The second-order valence-corrected chi connectivity index (χ2v) is 6.20. The minimum Gasteiger partial charge on any atom is -0.391 e. The van der Waals surface area contributed by atoms with Crippen LogP contribution < -0.4 is 10.9 Å². The Morgan fingerprint density at radius 2 is 2.08 bits per heavy atom. The van der Waals surface area contributed by atoms with Crippen molar-refractivity contribution in [1.82, 2.24) is 9.78 Å². The van der Waals surface area contributed by atoms with Crippen LogP contribution in [0.25, 0.3) is 5.69 Å². The first kappa shape index (κ1) is 19.0. The van der Waals surface area contributed by atoms with E-state index in [1.54, 1.807) is 18.2 Å². The molecule has 1 aromatic carbocycles. The summed E-state index contributed by atoms with van der Waals surface area (Å²) in [6.45, 7) is 0.800. The molecule has 24 heavy (non-hydrogen) atoms. The molecular weight excluding hydrogens is 377 g/mol. The fourth-order valence-electron chi connectivity index (χ4n) is 2.02. The van der Waals surface area contributed by atoms with Gasteiger partial charge in [0.25, 0.3) is 5.56 Å². The maximum atomic E-state index is 12.1. The molecule has 1 aromatic heterocycles. The van der Waals surface area contributed by atoms with Crippen molar-refractivity contribution in [2.75, 3.05) is 25.6 Å². The molecule has 2 aromatic rings. The first-order valence-electron chi connectivity index (χ1n) is 7.08. The molecule has 9 heteroatoms. The minimum atomic E-state index is -0.542. The minimum absolute atomic E-state index is 0.0944. The quantitative estimate of drug-likeness (QED) is 0.757. The Kier molecular flexibility index (Phi) is 6.89. The van der Waals surface area contributed by atoms with Crippen LogP contribution in [0, 0.1) is 0 Å². The predicted octanol–water partition coefficient (Wildman–Crippen LogP) is 3.00. The average Bonchev–Trinajstić information content (AvgIpc) is 2.54. The summed E-state index contributed by atoms with van der Waals surface area (Å²) in [7, 11) is 1.53. The van der Waals surface area contributed by atoms with Gasteiger partial charge in [0.2, 0.25) is 0 Å². The van der Waals surface area contributed by atoms with Gasteiger partial charge in [-0.3, -0.25) is 4.79 Å². The number of halogens is 3. The summed E-state index contributed by atoms with van der Waals surface area (Å²) in [5.41, 5.74) is 0.621. The van der Waals surface area contributed by atoms with Crippen LogP contribution in [-0.2, 0) is 4.74 Å². The fraction of sp³-hybridized carbons (Fsp3) is 0.333. The molecule has 130 valence electrons. The molecule has 0 aliphatic carbocycles. The molecule has 0 bridgehead atoms. The highest BCUT2D eigenvalue weighted by Gasteiger charge is 2.11. The van der Waals surface area contributed by atoms with Gasteiger partial charge in [-0.15, -0.1) is 0 Å². The van der Waals surface area contributed by atoms with Crippen LogP contribution in [0.15, 0.2) is 29.2 Å². The number of anilines is 1. The SMILES string of the molecule is COCC(O)CCNc1ccc(-n2ncc(Cl)c(Cl)c2=O)cc1Cl. The number of nitrogens with one attached hydrogen (secondary N) is 1. The summed E-state index contributed by atoms with van der Waals surface area (Å²) in [4.78, 5) is 12.1. The number of aromatic nitrogens is 2. The van der Waals surface area contributed by atoms with E-state index < -0.39 is 11.7 Å². The van der Waals surface area contributed by atoms with Gasteiger partial charge < -0.3 is 15.2 Å². The Bertz CT molecular complexity index is 767. The largest absolute Gasteiger partial charge is 0.391 e. The Morgan fingerprint density at radius 3 is 2.75 bits per heavy atom. The Morgan fingerprint density at radius 1 is 1.33 bits per heavy atom. The van der Waals surface area contributed by atoms with E-state index in [1.807, 2.05) is 0 Å². The number of nitrogens with zero attached hydrogens (tertiary/aromatic N) is 2. The van der Waals surface area contributed by atoms with Crippen LogP contribution in [0.2, 0.25) is 15.1 Å². The van der Waals surface area contributed by atoms with Crippen molar-refractivity contribution >= 4 is 40.5 Å². The number of aliphatic hydroxyl groups excluding tert-OH is 1. The lowest BCUT2D eigenvalue weighted by Gasteiger charge is -2.13. The van der Waals surface area contributed by atoms with Crippen molar-refractivity contribution in [2.24, 2.45) is 0 Å². The Balaban J connectivity index is 2.13. The van der Waals surface area contributed by atoms with Crippen LogP contribution in [0.4, 0.5) is 5.69 Å². The Hall–Kier alpha value is -1.31. The van der Waals surface area contributed by atoms with Gasteiger partial charge in [0.05, 0.1) is 40.3 Å². The van der Waals surface area contributed by atoms with Crippen LogP contribution in [-0.4, -0.2) is 41.3 Å². The standard InChI is InChI=1S/C15H16Cl3N3O3/c1-24-8-10(22)4-5-19-13-3-2-9(6-11(13)16)21-15(23)14(18)12(17)7-20-21/h2-3,6-7,10,19,22H,4-5,8H2,1H3. The molecule has 0 amide bonds. The van der Waals surface area contributed by atoms with Gasteiger partial charge in [-0.2, -0.15) is 9.78 Å². The molecule has 1 unspecified atom stereocenters. The molecule has 0 spiro atoms. The van der Waals surface area contributed by atoms with Crippen LogP contribution >= 0.6 is 34.8 Å². The van der Waals surface area contributed by atoms with E-state index in [1.165, 1.54) is 13.3 Å². The van der Waals surface area contributed by atoms with Gasteiger partial charge in [0, 0.05) is 13.7 Å². The number of ether oxygens (including phenoxy) is 1. The summed E-state index contributed by atoms with van der Waals surface area (Å²) in [5.74, 6) is 0. The summed E-state index contributed by atoms with van der Waals surface area (Å²) in [5, 5.41) is 17.1. The van der Waals surface area contributed by atoms with Crippen LogP contribution in [0.5, 0.6) is 0 Å². The van der Waals surface area contributed by atoms with E-state index in [9.17, 15) is 9.90 Å². The monoisotopic (exact) mass is 391 g/mol. The third-order valence-corrected chi connectivity index (χ3v) is 4.29. The van der Waals surface area contributed by atoms with Crippen LogP contribution in [0.1, 0.15) is 6.42 Å². The lowest BCUT2D eigenvalue weighted by atomic mass is 10.2. The summed E-state index contributed by atoms with van der Waals surface area (Å²) >= 11 is 17.8. The molecule has 0 aliphatic rings. The zero-order valence-electron chi connectivity index (χ0n) is 12.8. The fourth-order valence-corrected chi connectivity index (χ4v) is 2.52. The van der Waals surface area contributed by atoms with Crippen molar-refractivity contribution in [1.29, 1.82) is 0 Å². The lowest BCUT2D eigenvalue weighted by molar-refractivity contribution is 0.0615. The summed E-state index contributed by atoms with van der Waals surface area (Å²) < 4.78 is 5.98. The Labute approximate surface area is 153 Å². The number of rotatable bonds is 7. The van der Waals surface area contributed by atoms with Crippen molar-refractivity contribution in [3.63, 3.8) is 0 Å². The third kappa shape index (κ3) is 4.62. The maximum Gasteiger partial charge on any atom is 0.291 e. The molecule has 0 radical (unpaired) electrons. The van der Waals surface area contributed by atoms with E-state index in [-0.39, 0.29) is 16.7 Å². The average molecular weight is 393 g/mol. The molecule has 1 atom stereocenters. The highest BCUT2D eigenvalue weighted by atomic mass is 35.5. The smallest absolute Gasteiger partial charge is 0.291 e. The van der Waals surface area contributed by atoms with E-state index in [2.05, 4.69) is 10.4 Å².